The van der Waals surface area contributed by atoms with Gasteiger partial charge in [-0.3, -0.25) is 9.78 Å². The van der Waals surface area contributed by atoms with Gasteiger partial charge in [0, 0.05) is 18.3 Å². The lowest BCUT2D eigenvalue weighted by molar-refractivity contribution is -0.140. The van der Waals surface area contributed by atoms with Crippen LogP contribution in [0, 0.1) is 6.92 Å². The molecule has 1 rings (SSSR count). The second-order valence-corrected chi connectivity index (χ2v) is 2.88. The standard InChI is InChI=1S/C10H13NO2/c1-8-7-9(5-6-11-8)3-4-10(12)13-2/h5-7H,3-4H2,1-2H3. The minimum absolute atomic E-state index is 0.172. The highest BCUT2D eigenvalue weighted by Gasteiger charge is 2.00. The fraction of sp³-hybridized carbons (Fsp3) is 0.400. The zero-order chi connectivity index (χ0) is 9.68. The Morgan fingerprint density at radius 3 is 3.00 bits per heavy atom. The third-order valence-electron chi connectivity index (χ3n) is 1.81. The van der Waals surface area contributed by atoms with Crippen molar-refractivity contribution in [1.29, 1.82) is 0 Å². The number of carbonyl (C=O) groups is 1. The Bertz CT molecular complexity index is 297. The predicted molar refractivity (Wildman–Crippen MR) is 49.3 cm³/mol. The number of ether oxygens (including phenoxy) is 1. The molecular formula is C10H13NO2. The Balaban J connectivity index is 2.50. The molecule has 13 heavy (non-hydrogen) atoms. The maximum Gasteiger partial charge on any atom is 0.305 e. The summed E-state index contributed by atoms with van der Waals surface area (Å²) in [7, 11) is 1.40. The van der Waals surface area contributed by atoms with E-state index in [-0.39, 0.29) is 5.97 Å². The van der Waals surface area contributed by atoms with E-state index >= 15 is 0 Å². The van der Waals surface area contributed by atoms with Gasteiger partial charge in [-0.25, -0.2) is 0 Å². The van der Waals surface area contributed by atoms with E-state index in [0.717, 1.165) is 17.7 Å². The van der Waals surface area contributed by atoms with Crippen molar-refractivity contribution in [3.05, 3.63) is 29.6 Å². The van der Waals surface area contributed by atoms with Crippen LogP contribution in [0.3, 0.4) is 0 Å². The van der Waals surface area contributed by atoms with Gasteiger partial charge in [0.05, 0.1) is 7.11 Å². The van der Waals surface area contributed by atoms with Gasteiger partial charge in [0.25, 0.3) is 0 Å². The van der Waals surface area contributed by atoms with Crippen molar-refractivity contribution in [1.82, 2.24) is 4.98 Å². The second-order valence-electron chi connectivity index (χ2n) is 2.88. The summed E-state index contributed by atoms with van der Waals surface area (Å²) < 4.78 is 4.55. The van der Waals surface area contributed by atoms with E-state index in [1.54, 1.807) is 6.20 Å². The molecule has 0 unspecified atom stereocenters. The molecule has 0 bridgehead atoms. The zero-order valence-electron chi connectivity index (χ0n) is 7.91. The predicted octanol–water partition coefficient (Wildman–Crippen LogP) is 1.50. The molecule has 0 N–H and O–H groups in total. The molecule has 0 atom stereocenters. The highest BCUT2D eigenvalue weighted by Crippen LogP contribution is 2.04. The van der Waals surface area contributed by atoms with E-state index in [1.807, 2.05) is 19.1 Å². The van der Waals surface area contributed by atoms with E-state index in [9.17, 15) is 4.79 Å². The molecule has 0 aromatic carbocycles. The van der Waals surface area contributed by atoms with Gasteiger partial charge in [-0.2, -0.15) is 0 Å². The smallest absolute Gasteiger partial charge is 0.305 e. The summed E-state index contributed by atoms with van der Waals surface area (Å²) in [6, 6.07) is 3.89. The quantitative estimate of drug-likeness (QED) is 0.660. The molecule has 0 saturated heterocycles. The first-order chi connectivity index (χ1) is 6.22. The van der Waals surface area contributed by atoms with E-state index < -0.39 is 0 Å². The van der Waals surface area contributed by atoms with Gasteiger partial charge in [-0.1, -0.05) is 0 Å². The van der Waals surface area contributed by atoms with Crippen molar-refractivity contribution in [3.63, 3.8) is 0 Å². The van der Waals surface area contributed by atoms with Crippen LogP contribution in [0.4, 0.5) is 0 Å². The number of hydrogen-bond donors (Lipinski definition) is 0. The molecule has 3 heteroatoms. The van der Waals surface area contributed by atoms with Crippen molar-refractivity contribution >= 4 is 5.97 Å². The van der Waals surface area contributed by atoms with Crippen LogP contribution in [0.2, 0.25) is 0 Å². The molecule has 0 aliphatic heterocycles. The largest absolute Gasteiger partial charge is 0.469 e. The number of nitrogens with zero attached hydrogens (tertiary/aromatic N) is 1. The first-order valence-corrected chi connectivity index (χ1v) is 4.20. The number of methoxy groups -OCH3 is 1. The lowest BCUT2D eigenvalue weighted by Crippen LogP contribution is -2.02. The first-order valence-electron chi connectivity index (χ1n) is 4.20. The normalized spacial score (nSPS) is 9.69. The number of carbonyl (C=O) groups excluding carboxylic acids is 1. The molecule has 0 aliphatic carbocycles. The van der Waals surface area contributed by atoms with E-state index in [0.29, 0.717) is 6.42 Å². The van der Waals surface area contributed by atoms with E-state index in [1.165, 1.54) is 7.11 Å². The lowest BCUT2D eigenvalue weighted by atomic mass is 10.1. The Hall–Kier alpha value is -1.38. The summed E-state index contributed by atoms with van der Waals surface area (Å²) >= 11 is 0. The monoisotopic (exact) mass is 179 g/mol. The Kier molecular flexibility index (Phi) is 3.43. The van der Waals surface area contributed by atoms with Gasteiger partial charge in [-0.05, 0) is 31.0 Å². The maximum absolute atomic E-state index is 10.8. The third kappa shape index (κ3) is 3.23. The molecule has 3 nitrogen and oxygen atoms in total. The van der Waals surface area contributed by atoms with Crippen LogP contribution >= 0.6 is 0 Å². The van der Waals surface area contributed by atoms with Crippen LogP contribution in [0.5, 0.6) is 0 Å². The van der Waals surface area contributed by atoms with Gasteiger partial charge in [0.15, 0.2) is 0 Å². The average molecular weight is 179 g/mol. The molecule has 0 spiro atoms. The summed E-state index contributed by atoms with van der Waals surface area (Å²) in [6.07, 6.45) is 2.90. The van der Waals surface area contributed by atoms with Gasteiger partial charge >= 0.3 is 5.97 Å². The van der Waals surface area contributed by atoms with Gasteiger partial charge < -0.3 is 4.74 Å². The number of pyridine rings is 1. The molecule has 1 aromatic rings. The lowest BCUT2D eigenvalue weighted by Gasteiger charge is -2.00. The van der Waals surface area contributed by atoms with E-state index in [4.69, 9.17) is 0 Å². The fourth-order valence-electron chi connectivity index (χ4n) is 1.11. The fourth-order valence-corrected chi connectivity index (χ4v) is 1.11. The van der Waals surface area contributed by atoms with Crippen molar-refractivity contribution < 1.29 is 9.53 Å². The summed E-state index contributed by atoms with van der Waals surface area (Å²) in [5, 5.41) is 0. The molecule has 1 heterocycles. The third-order valence-corrected chi connectivity index (χ3v) is 1.81. The van der Waals surface area contributed by atoms with Crippen LogP contribution in [-0.2, 0) is 16.0 Å². The van der Waals surface area contributed by atoms with Crippen LogP contribution < -0.4 is 0 Å². The highest BCUT2D eigenvalue weighted by atomic mass is 16.5. The van der Waals surface area contributed by atoms with Crippen LogP contribution in [-0.4, -0.2) is 18.1 Å². The Morgan fingerprint density at radius 1 is 1.62 bits per heavy atom. The first kappa shape index (κ1) is 9.71. The van der Waals surface area contributed by atoms with Crippen molar-refractivity contribution in [3.8, 4) is 0 Å². The Labute approximate surface area is 77.8 Å². The summed E-state index contributed by atoms with van der Waals surface area (Å²) in [4.78, 5) is 14.9. The summed E-state index contributed by atoms with van der Waals surface area (Å²) in [5.41, 5.74) is 2.10. The highest BCUT2D eigenvalue weighted by molar-refractivity contribution is 5.69. The van der Waals surface area contributed by atoms with Crippen molar-refractivity contribution in [2.45, 2.75) is 19.8 Å². The molecule has 0 aliphatic rings. The maximum atomic E-state index is 10.8. The molecule has 0 fully saturated rings. The van der Waals surface area contributed by atoms with Crippen LogP contribution in [0.1, 0.15) is 17.7 Å². The molecule has 1 aromatic heterocycles. The van der Waals surface area contributed by atoms with Crippen LogP contribution in [0.25, 0.3) is 0 Å². The molecule has 0 amide bonds. The average Bonchev–Trinajstić information content (AvgIpc) is 2.14. The topological polar surface area (TPSA) is 39.2 Å². The molecular weight excluding hydrogens is 166 g/mol. The summed E-state index contributed by atoms with van der Waals surface area (Å²) in [5.74, 6) is -0.172. The molecule has 0 radical (unpaired) electrons. The van der Waals surface area contributed by atoms with E-state index in [2.05, 4.69) is 9.72 Å². The second kappa shape index (κ2) is 4.60. The molecule has 0 saturated carbocycles. The number of aryl methyl sites for hydroxylation is 2. The number of aromatic nitrogens is 1. The van der Waals surface area contributed by atoms with Crippen molar-refractivity contribution in [2.75, 3.05) is 7.11 Å². The number of hydrogen-bond acceptors (Lipinski definition) is 3. The van der Waals surface area contributed by atoms with Gasteiger partial charge in [0.2, 0.25) is 0 Å². The molecule has 70 valence electrons. The number of rotatable bonds is 3. The summed E-state index contributed by atoms with van der Waals surface area (Å²) in [6.45, 7) is 1.93. The minimum atomic E-state index is -0.172. The Morgan fingerprint density at radius 2 is 2.38 bits per heavy atom. The zero-order valence-corrected chi connectivity index (χ0v) is 7.91. The SMILES string of the molecule is COC(=O)CCc1ccnc(C)c1. The van der Waals surface area contributed by atoms with Crippen molar-refractivity contribution in [2.24, 2.45) is 0 Å². The van der Waals surface area contributed by atoms with Crippen LogP contribution in [0.15, 0.2) is 18.3 Å². The van der Waals surface area contributed by atoms with Gasteiger partial charge in [-0.15, -0.1) is 0 Å². The number of esters is 1. The van der Waals surface area contributed by atoms with Gasteiger partial charge in [0.1, 0.15) is 0 Å². The minimum Gasteiger partial charge on any atom is -0.469 e.